The molecule has 0 heterocycles. The molecule has 144 valence electrons. The first kappa shape index (κ1) is 20.7. The van der Waals surface area contributed by atoms with E-state index in [0.29, 0.717) is 18.1 Å². The summed E-state index contributed by atoms with van der Waals surface area (Å²) in [6.07, 6.45) is 15.7. The van der Waals surface area contributed by atoms with Crippen LogP contribution < -0.4 is 4.74 Å². The van der Waals surface area contributed by atoms with E-state index in [1.807, 2.05) is 30.3 Å². The van der Waals surface area contributed by atoms with Crippen LogP contribution in [0.25, 0.3) is 0 Å². The molecule has 0 aliphatic heterocycles. The zero-order valence-corrected chi connectivity index (χ0v) is 16.7. The molecule has 0 spiro atoms. The van der Waals surface area contributed by atoms with Crippen LogP contribution in [-0.2, 0) is 4.79 Å². The number of carbonyl (C=O) groups excluding carboxylic acids is 1. The van der Waals surface area contributed by atoms with Crippen LogP contribution in [0.1, 0.15) is 84.5 Å². The number of hydrogen-bond donors (Lipinski definition) is 0. The van der Waals surface area contributed by atoms with Crippen molar-refractivity contribution in [1.29, 1.82) is 0 Å². The molecule has 0 N–H and O–H groups in total. The Labute approximate surface area is 160 Å². The lowest BCUT2D eigenvalue weighted by molar-refractivity contribution is -0.134. The standard InChI is InChI=1S/C24H36O2/c1-3-5-6-8-11-20-14-16-22(17-15-20)21(4-2)18-19-24(25)26-23-12-9-7-10-13-23/h7,9-10,12-13,16,20-21H,3-6,8,11,14-15,17-19H2,1-2H3. The average molecular weight is 357 g/mol. The zero-order valence-electron chi connectivity index (χ0n) is 16.7. The number of unbranched alkanes of at least 4 members (excludes halogenated alkanes) is 3. The molecule has 1 aliphatic rings. The molecule has 0 bridgehead atoms. The van der Waals surface area contributed by atoms with Gasteiger partial charge >= 0.3 is 5.97 Å². The highest BCUT2D eigenvalue weighted by atomic mass is 16.5. The van der Waals surface area contributed by atoms with Crippen LogP contribution in [0, 0.1) is 11.8 Å². The van der Waals surface area contributed by atoms with Crippen LogP contribution in [0.15, 0.2) is 42.0 Å². The summed E-state index contributed by atoms with van der Waals surface area (Å²) >= 11 is 0. The molecule has 1 aliphatic carbocycles. The van der Waals surface area contributed by atoms with Crippen molar-refractivity contribution in [1.82, 2.24) is 0 Å². The Morgan fingerprint density at radius 2 is 1.96 bits per heavy atom. The average Bonchev–Trinajstić information content (AvgIpc) is 2.67. The number of rotatable bonds is 11. The summed E-state index contributed by atoms with van der Waals surface area (Å²) in [5.74, 6) is 1.96. The normalized spacial score (nSPS) is 18.2. The molecule has 0 amide bonds. The smallest absolute Gasteiger partial charge is 0.311 e. The minimum atomic E-state index is -0.111. The van der Waals surface area contributed by atoms with Gasteiger partial charge in [0.15, 0.2) is 0 Å². The Morgan fingerprint density at radius 3 is 2.62 bits per heavy atom. The number of allylic oxidation sites excluding steroid dienone is 2. The first-order valence-electron chi connectivity index (χ1n) is 10.7. The molecule has 0 aromatic heterocycles. The molecule has 0 saturated carbocycles. The monoisotopic (exact) mass is 356 g/mol. The fourth-order valence-corrected chi connectivity index (χ4v) is 4.02. The third-order valence-electron chi connectivity index (χ3n) is 5.71. The van der Waals surface area contributed by atoms with E-state index in [9.17, 15) is 4.79 Å². The number of para-hydroxylation sites is 1. The van der Waals surface area contributed by atoms with Crippen molar-refractivity contribution < 1.29 is 9.53 Å². The number of ether oxygens (including phenoxy) is 1. The molecule has 2 heteroatoms. The van der Waals surface area contributed by atoms with Gasteiger partial charge in [-0.15, -0.1) is 0 Å². The van der Waals surface area contributed by atoms with Crippen molar-refractivity contribution in [3.05, 3.63) is 42.0 Å². The second kappa shape index (κ2) is 11.9. The molecular formula is C24H36O2. The molecule has 1 aromatic carbocycles. The fraction of sp³-hybridized carbons (Fsp3) is 0.625. The molecule has 1 aromatic rings. The summed E-state index contributed by atoms with van der Waals surface area (Å²) in [4.78, 5) is 12.1. The van der Waals surface area contributed by atoms with E-state index in [0.717, 1.165) is 18.8 Å². The number of hydrogen-bond acceptors (Lipinski definition) is 2. The van der Waals surface area contributed by atoms with Crippen LogP contribution in [0.2, 0.25) is 0 Å². The van der Waals surface area contributed by atoms with E-state index in [1.54, 1.807) is 5.57 Å². The lowest BCUT2D eigenvalue weighted by atomic mass is 9.79. The SMILES string of the molecule is CCCCCCC1CC=C(C(CC)CCC(=O)Oc2ccccc2)CC1. The van der Waals surface area contributed by atoms with E-state index in [1.165, 1.54) is 51.4 Å². The summed E-state index contributed by atoms with van der Waals surface area (Å²) < 4.78 is 5.42. The topological polar surface area (TPSA) is 26.3 Å². The van der Waals surface area contributed by atoms with Gasteiger partial charge in [-0.2, -0.15) is 0 Å². The zero-order chi connectivity index (χ0) is 18.6. The van der Waals surface area contributed by atoms with Gasteiger partial charge in [-0.1, -0.05) is 75.8 Å². The molecule has 2 rings (SSSR count). The summed E-state index contributed by atoms with van der Waals surface area (Å²) in [5.41, 5.74) is 1.59. The maximum Gasteiger partial charge on any atom is 0.311 e. The van der Waals surface area contributed by atoms with Crippen LogP contribution in [-0.4, -0.2) is 5.97 Å². The van der Waals surface area contributed by atoms with Gasteiger partial charge in [0.25, 0.3) is 0 Å². The van der Waals surface area contributed by atoms with Gasteiger partial charge in [0.1, 0.15) is 5.75 Å². The highest BCUT2D eigenvalue weighted by Crippen LogP contribution is 2.34. The van der Waals surface area contributed by atoms with Gasteiger partial charge < -0.3 is 4.74 Å². The molecule has 0 fully saturated rings. The number of carbonyl (C=O) groups is 1. The van der Waals surface area contributed by atoms with Crippen LogP contribution >= 0.6 is 0 Å². The van der Waals surface area contributed by atoms with E-state index in [4.69, 9.17) is 4.74 Å². The highest BCUT2D eigenvalue weighted by Gasteiger charge is 2.20. The van der Waals surface area contributed by atoms with Crippen molar-refractivity contribution in [3.63, 3.8) is 0 Å². The molecule has 2 nitrogen and oxygen atoms in total. The minimum absolute atomic E-state index is 0.111. The predicted molar refractivity (Wildman–Crippen MR) is 109 cm³/mol. The molecule has 26 heavy (non-hydrogen) atoms. The quantitative estimate of drug-likeness (QED) is 0.183. The summed E-state index contributed by atoms with van der Waals surface area (Å²) in [5, 5.41) is 0. The third kappa shape index (κ3) is 7.35. The summed E-state index contributed by atoms with van der Waals surface area (Å²) in [7, 11) is 0. The van der Waals surface area contributed by atoms with Gasteiger partial charge in [0, 0.05) is 6.42 Å². The Bertz CT molecular complexity index is 547. The molecule has 2 atom stereocenters. The second-order valence-corrected chi connectivity index (χ2v) is 7.70. The van der Waals surface area contributed by atoms with Crippen LogP contribution in [0.3, 0.4) is 0 Å². The molecule has 0 saturated heterocycles. The van der Waals surface area contributed by atoms with Gasteiger partial charge in [0.2, 0.25) is 0 Å². The van der Waals surface area contributed by atoms with Crippen LogP contribution in [0.4, 0.5) is 0 Å². The number of benzene rings is 1. The molecular weight excluding hydrogens is 320 g/mol. The van der Waals surface area contributed by atoms with Crippen molar-refractivity contribution in [3.8, 4) is 5.75 Å². The lowest BCUT2D eigenvalue weighted by Gasteiger charge is -2.26. The molecule has 2 unspecified atom stereocenters. The van der Waals surface area contributed by atoms with Gasteiger partial charge in [0.05, 0.1) is 0 Å². The first-order chi connectivity index (χ1) is 12.7. The van der Waals surface area contributed by atoms with Gasteiger partial charge in [-0.05, 0) is 56.1 Å². The van der Waals surface area contributed by atoms with Gasteiger partial charge in [-0.3, -0.25) is 4.79 Å². The van der Waals surface area contributed by atoms with E-state index in [2.05, 4.69) is 19.9 Å². The third-order valence-corrected chi connectivity index (χ3v) is 5.71. The predicted octanol–water partition coefficient (Wildman–Crippen LogP) is 7.10. The molecule has 0 radical (unpaired) electrons. The Balaban J connectivity index is 1.72. The Morgan fingerprint density at radius 1 is 1.15 bits per heavy atom. The van der Waals surface area contributed by atoms with E-state index >= 15 is 0 Å². The largest absolute Gasteiger partial charge is 0.427 e. The van der Waals surface area contributed by atoms with Crippen molar-refractivity contribution >= 4 is 5.97 Å². The first-order valence-corrected chi connectivity index (χ1v) is 10.7. The van der Waals surface area contributed by atoms with Gasteiger partial charge in [-0.25, -0.2) is 0 Å². The van der Waals surface area contributed by atoms with Crippen molar-refractivity contribution in [2.24, 2.45) is 11.8 Å². The van der Waals surface area contributed by atoms with E-state index < -0.39 is 0 Å². The Hall–Kier alpha value is -1.57. The fourth-order valence-electron chi connectivity index (χ4n) is 4.02. The van der Waals surface area contributed by atoms with E-state index in [-0.39, 0.29) is 5.97 Å². The second-order valence-electron chi connectivity index (χ2n) is 7.70. The summed E-state index contributed by atoms with van der Waals surface area (Å²) in [6.45, 7) is 4.51. The maximum absolute atomic E-state index is 12.1. The number of esters is 1. The maximum atomic E-state index is 12.1. The van der Waals surface area contributed by atoms with Crippen molar-refractivity contribution in [2.75, 3.05) is 0 Å². The van der Waals surface area contributed by atoms with Crippen molar-refractivity contribution in [2.45, 2.75) is 84.5 Å². The Kier molecular flexibility index (Phi) is 9.52. The highest BCUT2D eigenvalue weighted by molar-refractivity contribution is 5.72. The van der Waals surface area contributed by atoms with Crippen LogP contribution in [0.5, 0.6) is 5.75 Å². The minimum Gasteiger partial charge on any atom is -0.427 e. The summed E-state index contributed by atoms with van der Waals surface area (Å²) in [6, 6.07) is 9.38. The lowest BCUT2D eigenvalue weighted by Crippen LogP contribution is -2.15.